The molecular formula is C14H17BrN2O5. The van der Waals surface area contributed by atoms with E-state index in [1.807, 2.05) is 19.0 Å². The molecule has 0 unspecified atom stereocenters. The van der Waals surface area contributed by atoms with Gasteiger partial charge in [-0.1, -0.05) is 0 Å². The van der Waals surface area contributed by atoms with Crippen LogP contribution in [-0.4, -0.2) is 67.3 Å². The van der Waals surface area contributed by atoms with E-state index in [9.17, 15) is 9.59 Å². The predicted octanol–water partition coefficient (Wildman–Crippen LogP) is 1.27. The van der Waals surface area contributed by atoms with Crippen LogP contribution in [0, 0.1) is 0 Å². The highest BCUT2D eigenvalue weighted by Crippen LogP contribution is 2.40. The third-order valence-corrected chi connectivity index (χ3v) is 3.69. The fraction of sp³-hybridized carbons (Fsp3) is 0.429. The molecule has 1 aliphatic rings. The van der Waals surface area contributed by atoms with Crippen LogP contribution >= 0.6 is 15.9 Å². The zero-order valence-corrected chi connectivity index (χ0v) is 13.9. The molecule has 1 amide bonds. The summed E-state index contributed by atoms with van der Waals surface area (Å²) in [4.78, 5) is 26.7. The fourth-order valence-electron chi connectivity index (χ4n) is 2.01. The van der Waals surface area contributed by atoms with E-state index in [4.69, 9.17) is 14.6 Å². The van der Waals surface area contributed by atoms with Gasteiger partial charge in [-0.3, -0.25) is 9.59 Å². The summed E-state index contributed by atoms with van der Waals surface area (Å²) in [5.74, 6) is -0.384. The van der Waals surface area contributed by atoms with Crippen LogP contribution in [-0.2, 0) is 4.79 Å². The molecule has 1 heterocycles. The summed E-state index contributed by atoms with van der Waals surface area (Å²) >= 11 is 3.33. The number of hydrogen-bond acceptors (Lipinski definition) is 5. The molecule has 2 rings (SSSR count). The number of nitrogens with zero attached hydrogens (tertiary/aromatic N) is 2. The first-order valence-electron chi connectivity index (χ1n) is 6.63. The number of aliphatic carboxylic acids is 1. The highest BCUT2D eigenvalue weighted by molar-refractivity contribution is 9.10. The minimum atomic E-state index is -1.05. The lowest BCUT2D eigenvalue weighted by atomic mass is 10.1. The van der Waals surface area contributed by atoms with Crippen molar-refractivity contribution in [3.63, 3.8) is 0 Å². The molecule has 8 heteroatoms. The maximum Gasteiger partial charge on any atom is 0.323 e. The lowest BCUT2D eigenvalue weighted by Gasteiger charge is -2.23. The number of carbonyl (C=O) groups is 2. The Kier molecular flexibility index (Phi) is 5.25. The normalized spacial score (nSPS) is 12.5. The molecule has 1 aromatic carbocycles. The van der Waals surface area contributed by atoms with Crippen LogP contribution in [0.4, 0.5) is 0 Å². The summed E-state index contributed by atoms with van der Waals surface area (Å²) < 4.78 is 11.2. The number of rotatable bonds is 6. The highest BCUT2D eigenvalue weighted by Gasteiger charge is 2.24. The average Bonchev–Trinajstić information content (AvgIpc) is 2.91. The largest absolute Gasteiger partial charge is 0.480 e. The van der Waals surface area contributed by atoms with Gasteiger partial charge >= 0.3 is 5.97 Å². The molecule has 0 saturated heterocycles. The Morgan fingerprint density at radius 3 is 2.64 bits per heavy atom. The van der Waals surface area contributed by atoms with Crippen molar-refractivity contribution in [1.29, 1.82) is 0 Å². The van der Waals surface area contributed by atoms with E-state index in [0.717, 1.165) is 0 Å². The second-order valence-corrected chi connectivity index (χ2v) is 5.97. The van der Waals surface area contributed by atoms with Gasteiger partial charge in [0.2, 0.25) is 6.79 Å². The number of benzene rings is 1. The molecule has 22 heavy (non-hydrogen) atoms. The maximum absolute atomic E-state index is 12.6. The third kappa shape index (κ3) is 3.89. The SMILES string of the molecule is CN(C)CCN(CC(=O)O)C(=O)c1cc(Br)c2c(c1)OCO2. The summed E-state index contributed by atoms with van der Waals surface area (Å²) in [7, 11) is 3.72. The van der Waals surface area contributed by atoms with E-state index >= 15 is 0 Å². The van der Waals surface area contributed by atoms with E-state index in [0.29, 0.717) is 34.6 Å². The predicted molar refractivity (Wildman–Crippen MR) is 82.4 cm³/mol. The van der Waals surface area contributed by atoms with Crippen molar-refractivity contribution in [3.05, 3.63) is 22.2 Å². The summed E-state index contributed by atoms with van der Waals surface area (Å²) in [5, 5.41) is 8.99. The smallest absolute Gasteiger partial charge is 0.323 e. The number of ether oxygens (including phenoxy) is 2. The molecule has 0 aliphatic carbocycles. The topological polar surface area (TPSA) is 79.3 Å². The quantitative estimate of drug-likeness (QED) is 0.809. The third-order valence-electron chi connectivity index (χ3n) is 3.10. The Hall–Kier alpha value is -1.80. The number of likely N-dealkylation sites (N-methyl/N-ethyl adjacent to an activating group) is 1. The Bertz CT molecular complexity index is 591. The van der Waals surface area contributed by atoms with Crippen LogP contribution < -0.4 is 9.47 Å². The fourth-order valence-corrected chi connectivity index (χ4v) is 2.57. The number of amides is 1. The molecule has 120 valence electrons. The summed E-state index contributed by atoms with van der Waals surface area (Å²) in [6.45, 7) is 0.652. The monoisotopic (exact) mass is 372 g/mol. The van der Waals surface area contributed by atoms with Gasteiger partial charge in [-0.25, -0.2) is 0 Å². The van der Waals surface area contributed by atoms with E-state index in [1.165, 1.54) is 4.90 Å². The molecule has 7 nitrogen and oxygen atoms in total. The van der Waals surface area contributed by atoms with E-state index in [2.05, 4.69) is 15.9 Å². The van der Waals surface area contributed by atoms with Gasteiger partial charge < -0.3 is 24.4 Å². The first kappa shape index (κ1) is 16.6. The number of fused-ring (bicyclic) bond motifs is 1. The average molecular weight is 373 g/mol. The van der Waals surface area contributed by atoms with Crippen molar-refractivity contribution in [1.82, 2.24) is 9.80 Å². The van der Waals surface area contributed by atoms with Gasteiger partial charge in [0.25, 0.3) is 5.91 Å². The number of halogens is 1. The number of carboxylic acid groups (broad SMARTS) is 1. The van der Waals surface area contributed by atoms with Gasteiger partial charge in [0.1, 0.15) is 6.54 Å². The van der Waals surface area contributed by atoms with Crippen molar-refractivity contribution < 1.29 is 24.2 Å². The van der Waals surface area contributed by atoms with Crippen LogP contribution in [0.2, 0.25) is 0 Å². The number of carbonyl (C=O) groups excluding carboxylic acids is 1. The van der Waals surface area contributed by atoms with Crippen LogP contribution in [0.3, 0.4) is 0 Å². The van der Waals surface area contributed by atoms with Gasteiger partial charge in [0.05, 0.1) is 4.47 Å². The van der Waals surface area contributed by atoms with Gasteiger partial charge in [-0.2, -0.15) is 0 Å². The maximum atomic E-state index is 12.6. The van der Waals surface area contributed by atoms with Crippen LogP contribution in [0.1, 0.15) is 10.4 Å². The lowest BCUT2D eigenvalue weighted by molar-refractivity contribution is -0.137. The van der Waals surface area contributed by atoms with Crippen LogP contribution in [0.25, 0.3) is 0 Å². The first-order chi connectivity index (χ1) is 10.4. The minimum absolute atomic E-state index is 0.102. The minimum Gasteiger partial charge on any atom is -0.480 e. The van der Waals surface area contributed by atoms with Crippen molar-refractivity contribution in [2.24, 2.45) is 0 Å². The van der Waals surface area contributed by atoms with Gasteiger partial charge in [-0.15, -0.1) is 0 Å². The summed E-state index contributed by atoms with van der Waals surface area (Å²) in [5.41, 5.74) is 0.358. The lowest BCUT2D eigenvalue weighted by Crippen LogP contribution is -2.40. The van der Waals surface area contributed by atoms with Crippen molar-refractivity contribution in [2.75, 3.05) is 40.5 Å². The molecule has 0 radical (unpaired) electrons. The molecular weight excluding hydrogens is 356 g/mol. The molecule has 0 bridgehead atoms. The second-order valence-electron chi connectivity index (χ2n) is 5.12. The Morgan fingerprint density at radius 1 is 1.27 bits per heavy atom. The van der Waals surface area contributed by atoms with Crippen molar-refractivity contribution >= 4 is 27.8 Å². The molecule has 1 aromatic rings. The molecule has 1 N–H and O–H groups in total. The molecule has 0 saturated carbocycles. The summed E-state index contributed by atoms with van der Waals surface area (Å²) in [6, 6.07) is 3.18. The second kappa shape index (κ2) is 6.97. The number of carboxylic acids is 1. The molecule has 0 aromatic heterocycles. The van der Waals surface area contributed by atoms with Gasteiger partial charge in [-0.05, 0) is 42.2 Å². The molecule has 0 spiro atoms. The summed E-state index contributed by atoms with van der Waals surface area (Å²) in [6.07, 6.45) is 0. The van der Waals surface area contributed by atoms with Crippen LogP contribution in [0.5, 0.6) is 11.5 Å². The van der Waals surface area contributed by atoms with Gasteiger partial charge in [0.15, 0.2) is 11.5 Å². The first-order valence-corrected chi connectivity index (χ1v) is 7.42. The van der Waals surface area contributed by atoms with E-state index in [-0.39, 0.29) is 19.2 Å². The Balaban J connectivity index is 2.22. The van der Waals surface area contributed by atoms with Crippen LogP contribution in [0.15, 0.2) is 16.6 Å². The Labute approximate surface area is 136 Å². The van der Waals surface area contributed by atoms with Crippen molar-refractivity contribution in [3.8, 4) is 11.5 Å². The highest BCUT2D eigenvalue weighted by atomic mass is 79.9. The van der Waals surface area contributed by atoms with E-state index in [1.54, 1.807) is 12.1 Å². The molecule has 0 atom stereocenters. The zero-order valence-electron chi connectivity index (χ0n) is 12.3. The Morgan fingerprint density at radius 2 is 2.00 bits per heavy atom. The number of hydrogen-bond donors (Lipinski definition) is 1. The van der Waals surface area contributed by atoms with E-state index < -0.39 is 5.97 Å². The molecule has 1 aliphatic heterocycles. The standard InChI is InChI=1S/C14H17BrN2O5/c1-16(2)3-4-17(7-12(18)19)14(20)9-5-10(15)13-11(6-9)21-8-22-13/h5-6H,3-4,7-8H2,1-2H3,(H,18,19). The van der Waals surface area contributed by atoms with Crippen molar-refractivity contribution in [2.45, 2.75) is 0 Å². The zero-order chi connectivity index (χ0) is 16.3. The van der Waals surface area contributed by atoms with Gasteiger partial charge in [0, 0.05) is 18.7 Å². The molecule has 0 fully saturated rings.